The number of nitrogens with zero attached hydrogens (tertiary/aromatic N) is 1. The third-order valence-corrected chi connectivity index (χ3v) is 4.97. The fourth-order valence-electron chi connectivity index (χ4n) is 3.43. The molecule has 0 radical (unpaired) electrons. The van der Waals surface area contributed by atoms with Crippen LogP contribution in [-0.4, -0.2) is 68.8 Å². The Kier molecular flexibility index (Phi) is 8.34. The van der Waals surface area contributed by atoms with Crippen LogP contribution in [-0.2, 0) is 20.7 Å². The molecule has 3 rings (SSSR count). The van der Waals surface area contributed by atoms with Gasteiger partial charge in [-0.3, -0.25) is 9.59 Å². The standard InChI is InChI=1S/C19H27N3O4.ClH/c1-25-17-5-3-2-4-14(17)12-18(23)22-9-6-15(7-10-22)21-19(24)16-13-26-11-8-20-16;/h2-5,15-16,20H,6-13H2,1H3,(H,21,24);1H. The van der Waals surface area contributed by atoms with Gasteiger partial charge < -0.3 is 25.0 Å². The number of piperidine rings is 1. The predicted molar refractivity (Wildman–Crippen MR) is 104 cm³/mol. The second-order valence-corrected chi connectivity index (χ2v) is 6.73. The average Bonchev–Trinajstić information content (AvgIpc) is 2.69. The van der Waals surface area contributed by atoms with Crippen LogP contribution in [0, 0.1) is 0 Å². The Bertz CT molecular complexity index is 629. The number of morpholine rings is 1. The smallest absolute Gasteiger partial charge is 0.239 e. The van der Waals surface area contributed by atoms with Crippen LogP contribution in [0.1, 0.15) is 18.4 Å². The SMILES string of the molecule is COc1ccccc1CC(=O)N1CCC(NC(=O)C2COCCN2)CC1.Cl. The van der Waals surface area contributed by atoms with Gasteiger partial charge in [-0.25, -0.2) is 0 Å². The summed E-state index contributed by atoms with van der Waals surface area (Å²) in [5, 5.41) is 6.24. The first-order chi connectivity index (χ1) is 12.7. The first kappa shape index (κ1) is 21.5. The number of benzene rings is 1. The third kappa shape index (κ3) is 5.82. The Morgan fingerprint density at radius 2 is 2.04 bits per heavy atom. The number of halogens is 1. The lowest BCUT2D eigenvalue weighted by Crippen LogP contribution is -2.55. The average molecular weight is 398 g/mol. The summed E-state index contributed by atoms with van der Waals surface area (Å²) in [4.78, 5) is 26.7. The Morgan fingerprint density at radius 3 is 2.70 bits per heavy atom. The van der Waals surface area contributed by atoms with Gasteiger partial charge in [0.15, 0.2) is 0 Å². The summed E-state index contributed by atoms with van der Waals surface area (Å²) in [5.74, 6) is 0.829. The molecule has 0 saturated carbocycles. The Hall–Kier alpha value is -1.83. The van der Waals surface area contributed by atoms with Gasteiger partial charge in [0.2, 0.25) is 11.8 Å². The molecule has 1 unspecified atom stereocenters. The van der Waals surface area contributed by atoms with Crippen molar-refractivity contribution in [1.29, 1.82) is 0 Å². The van der Waals surface area contributed by atoms with Crippen LogP contribution in [0.4, 0.5) is 0 Å². The number of para-hydroxylation sites is 1. The number of methoxy groups -OCH3 is 1. The van der Waals surface area contributed by atoms with Crippen LogP contribution in [0.15, 0.2) is 24.3 Å². The van der Waals surface area contributed by atoms with Gasteiger partial charge in [0.05, 0.1) is 26.7 Å². The van der Waals surface area contributed by atoms with E-state index in [2.05, 4.69) is 10.6 Å². The molecular weight excluding hydrogens is 370 g/mol. The quantitative estimate of drug-likeness (QED) is 0.766. The summed E-state index contributed by atoms with van der Waals surface area (Å²) in [5.41, 5.74) is 0.902. The molecule has 2 amide bonds. The van der Waals surface area contributed by atoms with Crippen molar-refractivity contribution in [3.63, 3.8) is 0 Å². The number of nitrogens with one attached hydrogen (secondary N) is 2. The van der Waals surface area contributed by atoms with Gasteiger partial charge in [-0.2, -0.15) is 0 Å². The lowest BCUT2D eigenvalue weighted by Gasteiger charge is -2.33. The molecule has 1 aromatic rings. The number of hydrogen-bond donors (Lipinski definition) is 2. The first-order valence-electron chi connectivity index (χ1n) is 9.18. The number of carbonyl (C=O) groups excluding carboxylic acids is 2. The molecule has 150 valence electrons. The molecule has 8 heteroatoms. The summed E-state index contributed by atoms with van der Waals surface area (Å²) in [6.45, 7) is 3.09. The van der Waals surface area contributed by atoms with Crippen molar-refractivity contribution < 1.29 is 19.1 Å². The van der Waals surface area contributed by atoms with E-state index in [4.69, 9.17) is 9.47 Å². The molecule has 27 heavy (non-hydrogen) atoms. The molecule has 1 aromatic carbocycles. The zero-order chi connectivity index (χ0) is 18.4. The summed E-state index contributed by atoms with van der Waals surface area (Å²) in [6.07, 6.45) is 1.89. The lowest BCUT2D eigenvalue weighted by atomic mass is 10.0. The van der Waals surface area contributed by atoms with E-state index in [1.54, 1.807) is 7.11 Å². The van der Waals surface area contributed by atoms with Crippen LogP contribution in [0.25, 0.3) is 0 Å². The minimum absolute atomic E-state index is 0. The van der Waals surface area contributed by atoms with Crippen molar-refractivity contribution in [3.05, 3.63) is 29.8 Å². The zero-order valence-electron chi connectivity index (χ0n) is 15.6. The van der Waals surface area contributed by atoms with Crippen LogP contribution in [0.3, 0.4) is 0 Å². The minimum Gasteiger partial charge on any atom is -0.496 e. The summed E-state index contributed by atoms with van der Waals surface area (Å²) >= 11 is 0. The number of amides is 2. The summed E-state index contributed by atoms with van der Waals surface area (Å²) in [6, 6.07) is 7.44. The van der Waals surface area contributed by atoms with E-state index in [-0.39, 0.29) is 36.3 Å². The van der Waals surface area contributed by atoms with E-state index < -0.39 is 0 Å². The number of likely N-dealkylation sites (tertiary alicyclic amines) is 1. The van der Waals surface area contributed by atoms with Gasteiger partial charge in [-0.05, 0) is 18.9 Å². The van der Waals surface area contributed by atoms with Gasteiger partial charge in [-0.1, -0.05) is 18.2 Å². The molecule has 2 fully saturated rings. The molecule has 0 spiro atoms. The van der Waals surface area contributed by atoms with Crippen molar-refractivity contribution in [3.8, 4) is 5.75 Å². The molecule has 1 atom stereocenters. The molecule has 2 aliphatic heterocycles. The van der Waals surface area contributed by atoms with E-state index >= 15 is 0 Å². The number of hydrogen-bond acceptors (Lipinski definition) is 5. The van der Waals surface area contributed by atoms with Gasteiger partial charge in [0.25, 0.3) is 0 Å². The first-order valence-corrected chi connectivity index (χ1v) is 9.18. The minimum atomic E-state index is -0.269. The molecule has 2 heterocycles. The number of ether oxygens (including phenoxy) is 2. The van der Waals surface area contributed by atoms with Crippen molar-refractivity contribution >= 4 is 24.2 Å². The molecule has 2 saturated heterocycles. The maximum absolute atomic E-state index is 12.6. The van der Waals surface area contributed by atoms with Gasteiger partial charge >= 0.3 is 0 Å². The van der Waals surface area contributed by atoms with Crippen molar-refractivity contribution in [2.45, 2.75) is 31.3 Å². The third-order valence-electron chi connectivity index (χ3n) is 4.97. The van der Waals surface area contributed by atoms with E-state index in [0.29, 0.717) is 39.3 Å². The fraction of sp³-hybridized carbons (Fsp3) is 0.579. The Morgan fingerprint density at radius 1 is 1.30 bits per heavy atom. The van der Waals surface area contributed by atoms with Gasteiger partial charge in [-0.15, -0.1) is 12.4 Å². The lowest BCUT2D eigenvalue weighted by molar-refractivity contribution is -0.131. The number of rotatable bonds is 5. The van der Waals surface area contributed by atoms with Crippen LogP contribution in [0.5, 0.6) is 5.75 Å². The molecule has 2 N–H and O–H groups in total. The largest absolute Gasteiger partial charge is 0.496 e. The zero-order valence-corrected chi connectivity index (χ0v) is 16.4. The maximum Gasteiger partial charge on any atom is 0.239 e. The van der Waals surface area contributed by atoms with Crippen molar-refractivity contribution in [1.82, 2.24) is 15.5 Å². The normalized spacial score (nSPS) is 20.5. The Balaban J connectivity index is 0.00000261. The molecular formula is C19H28ClN3O4. The molecule has 2 aliphatic rings. The van der Waals surface area contributed by atoms with Crippen LogP contribution < -0.4 is 15.4 Å². The van der Waals surface area contributed by atoms with E-state index in [9.17, 15) is 9.59 Å². The van der Waals surface area contributed by atoms with E-state index in [1.807, 2.05) is 29.2 Å². The predicted octanol–water partition coefficient (Wildman–Crippen LogP) is 0.755. The molecule has 0 aromatic heterocycles. The van der Waals surface area contributed by atoms with Crippen molar-refractivity contribution in [2.24, 2.45) is 0 Å². The topological polar surface area (TPSA) is 79.9 Å². The second kappa shape index (κ2) is 10.5. The highest BCUT2D eigenvalue weighted by molar-refractivity contribution is 5.85. The second-order valence-electron chi connectivity index (χ2n) is 6.73. The summed E-state index contributed by atoms with van der Waals surface area (Å²) < 4.78 is 10.6. The highest BCUT2D eigenvalue weighted by Gasteiger charge is 2.27. The fourth-order valence-corrected chi connectivity index (χ4v) is 3.43. The number of carbonyl (C=O) groups is 2. The Labute approximate surface area is 166 Å². The molecule has 0 bridgehead atoms. The van der Waals surface area contributed by atoms with E-state index in [0.717, 1.165) is 24.2 Å². The van der Waals surface area contributed by atoms with Crippen LogP contribution in [0.2, 0.25) is 0 Å². The van der Waals surface area contributed by atoms with Gasteiger partial charge in [0.1, 0.15) is 11.8 Å². The molecule has 7 nitrogen and oxygen atoms in total. The van der Waals surface area contributed by atoms with Crippen LogP contribution >= 0.6 is 12.4 Å². The highest BCUT2D eigenvalue weighted by Crippen LogP contribution is 2.20. The van der Waals surface area contributed by atoms with Crippen molar-refractivity contribution in [2.75, 3.05) is 40.0 Å². The van der Waals surface area contributed by atoms with Gasteiger partial charge in [0, 0.05) is 31.2 Å². The monoisotopic (exact) mass is 397 g/mol. The molecule has 0 aliphatic carbocycles. The summed E-state index contributed by atoms with van der Waals surface area (Å²) in [7, 11) is 1.61. The van der Waals surface area contributed by atoms with E-state index in [1.165, 1.54) is 0 Å². The highest BCUT2D eigenvalue weighted by atomic mass is 35.5. The maximum atomic E-state index is 12.6.